The van der Waals surface area contributed by atoms with Crippen molar-refractivity contribution in [1.29, 1.82) is 0 Å². The van der Waals surface area contributed by atoms with Gasteiger partial charge < -0.3 is 10.5 Å². The number of para-hydroxylation sites is 1. The fraction of sp³-hybridized carbons (Fsp3) is 0. The highest BCUT2D eigenvalue weighted by Gasteiger charge is 2.13. The minimum atomic E-state index is -0.506. The molecule has 112 valence electrons. The Balaban J connectivity index is 2.28. The van der Waals surface area contributed by atoms with Crippen LogP contribution in [0, 0.1) is 10.1 Å². The summed E-state index contributed by atoms with van der Waals surface area (Å²) in [7, 11) is 0. The van der Waals surface area contributed by atoms with Gasteiger partial charge in [0, 0.05) is 6.07 Å². The standard InChI is InChI=1S/C14H12N4O3S/c15-14(22)17-16-9-10-8-12(6-7-13(10)18(19)20)21-11-4-2-1-3-5-11/h1-9H,(H3,15,17,22). The van der Waals surface area contributed by atoms with Gasteiger partial charge in [-0.25, -0.2) is 0 Å². The van der Waals surface area contributed by atoms with Crippen LogP contribution in [0.3, 0.4) is 0 Å². The molecule has 0 atom stereocenters. The number of nitro benzene ring substituents is 1. The summed E-state index contributed by atoms with van der Waals surface area (Å²) < 4.78 is 5.63. The average Bonchev–Trinajstić information content (AvgIpc) is 2.48. The summed E-state index contributed by atoms with van der Waals surface area (Å²) in [6.07, 6.45) is 1.26. The highest BCUT2D eigenvalue weighted by Crippen LogP contribution is 2.26. The zero-order valence-corrected chi connectivity index (χ0v) is 12.1. The van der Waals surface area contributed by atoms with Gasteiger partial charge in [-0.3, -0.25) is 15.5 Å². The van der Waals surface area contributed by atoms with Crippen molar-refractivity contribution in [3.63, 3.8) is 0 Å². The van der Waals surface area contributed by atoms with E-state index in [4.69, 9.17) is 10.5 Å². The Morgan fingerprint density at radius 1 is 1.27 bits per heavy atom. The molecule has 0 heterocycles. The predicted octanol–water partition coefficient (Wildman–Crippen LogP) is 2.55. The molecule has 2 aromatic carbocycles. The summed E-state index contributed by atoms with van der Waals surface area (Å²) in [5, 5.41) is 14.7. The number of nitro groups is 1. The van der Waals surface area contributed by atoms with Gasteiger partial charge >= 0.3 is 0 Å². The molecule has 7 nitrogen and oxygen atoms in total. The Morgan fingerprint density at radius 3 is 2.64 bits per heavy atom. The zero-order valence-electron chi connectivity index (χ0n) is 11.3. The Morgan fingerprint density at radius 2 is 2.00 bits per heavy atom. The van der Waals surface area contributed by atoms with Crippen LogP contribution < -0.4 is 15.9 Å². The molecule has 0 spiro atoms. The van der Waals surface area contributed by atoms with Crippen molar-refractivity contribution in [2.45, 2.75) is 0 Å². The van der Waals surface area contributed by atoms with Crippen molar-refractivity contribution < 1.29 is 9.66 Å². The SMILES string of the molecule is NC(=S)NN=Cc1cc(Oc2ccccc2)ccc1[N+](=O)[O-]. The van der Waals surface area contributed by atoms with Gasteiger partial charge in [0.1, 0.15) is 11.5 Å². The number of nitrogens with zero attached hydrogens (tertiary/aromatic N) is 2. The Labute approximate surface area is 131 Å². The van der Waals surface area contributed by atoms with E-state index in [1.807, 2.05) is 18.2 Å². The van der Waals surface area contributed by atoms with E-state index in [0.29, 0.717) is 11.5 Å². The minimum Gasteiger partial charge on any atom is -0.457 e. The molecule has 3 N–H and O–H groups in total. The van der Waals surface area contributed by atoms with Crippen molar-refractivity contribution >= 4 is 29.2 Å². The first kappa shape index (κ1) is 15.4. The van der Waals surface area contributed by atoms with Crippen LogP contribution in [-0.2, 0) is 0 Å². The van der Waals surface area contributed by atoms with Crippen LogP contribution in [0.2, 0.25) is 0 Å². The smallest absolute Gasteiger partial charge is 0.278 e. The number of benzene rings is 2. The van der Waals surface area contributed by atoms with Crippen LogP contribution >= 0.6 is 12.2 Å². The van der Waals surface area contributed by atoms with Gasteiger partial charge in [0.15, 0.2) is 5.11 Å². The van der Waals surface area contributed by atoms with Gasteiger partial charge in [0.25, 0.3) is 5.69 Å². The molecule has 0 aliphatic heterocycles. The van der Waals surface area contributed by atoms with Gasteiger partial charge in [-0.2, -0.15) is 5.10 Å². The molecule has 0 unspecified atom stereocenters. The maximum absolute atomic E-state index is 11.0. The number of rotatable bonds is 5. The van der Waals surface area contributed by atoms with E-state index >= 15 is 0 Å². The molecule has 0 fully saturated rings. The highest BCUT2D eigenvalue weighted by atomic mass is 32.1. The largest absolute Gasteiger partial charge is 0.457 e. The molecule has 0 radical (unpaired) electrons. The van der Waals surface area contributed by atoms with Crippen LogP contribution in [0.25, 0.3) is 0 Å². The van der Waals surface area contributed by atoms with Crippen molar-refractivity contribution in [2.75, 3.05) is 0 Å². The molecular formula is C14H12N4O3S. The lowest BCUT2D eigenvalue weighted by Crippen LogP contribution is -2.24. The number of nitrogens with one attached hydrogen (secondary N) is 1. The second-order valence-corrected chi connectivity index (χ2v) is 4.57. The Kier molecular flexibility index (Phi) is 4.99. The molecule has 0 amide bonds. The van der Waals surface area contributed by atoms with Crippen molar-refractivity contribution in [3.05, 3.63) is 64.2 Å². The number of nitrogens with two attached hydrogens (primary N) is 1. The fourth-order valence-electron chi connectivity index (χ4n) is 1.66. The molecule has 2 aromatic rings. The summed E-state index contributed by atoms with van der Waals surface area (Å²) in [4.78, 5) is 10.5. The molecule has 0 aromatic heterocycles. The predicted molar refractivity (Wildman–Crippen MR) is 87.1 cm³/mol. The second-order valence-electron chi connectivity index (χ2n) is 4.13. The molecule has 8 heteroatoms. The van der Waals surface area contributed by atoms with Crippen molar-refractivity contribution in [3.8, 4) is 11.5 Å². The Hall–Kier alpha value is -3.00. The van der Waals surface area contributed by atoms with Crippen LogP contribution in [0.15, 0.2) is 53.6 Å². The molecule has 0 bridgehead atoms. The van der Waals surface area contributed by atoms with Gasteiger partial charge in [0.2, 0.25) is 0 Å². The van der Waals surface area contributed by atoms with Crippen LogP contribution in [0.5, 0.6) is 11.5 Å². The highest BCUT2D eigenvalue weighted by molar-refractivity contribution is 7.80. The molecular weight excluding hydrogens is 304 g/mol. The monoisotopic (exact) mass is 316 g/mol. The van der Waals surface area contributed by atoms with Crippen LogP contribution in [-0.4, -0.2) is 16.3 Å². The van der Waals surface area contributed by atoms with E-state index < -0.39 is 4.92 Å². The van der Waals surface area contributed by atoms with E-state index in [1.165, 1.54) is 24.4 Å². The second kappa shape index (κ2) is 7.14. The first-order valence-electron chi connectivity index (χ1n) is 6.16. The quantitative estimate of drug-likeness (QED) is 0.380. The summed E-state index contributed by atoms with van der Waals surface area (Å²) in [5.41, 5.74) is 7.74. The molecule has 0 saturated heterocycles. The Bertz CT molecular complexity index is 719. The third-order valence-corrected chi connectivity index (χ3v) is 2.64. The van der Waals surface area contributed by atoms with Gasteiger partial charge in [-0.15, -0.1) is 0 Å². The third-order valence-electron chi connectivity index (χ3n) is 2.55. The average molecular weight is 316 g/mol. The van der Waals surface area contributed by atoms with Crippen LogP contribution in [0.1, 0.15) is 5.56 Å². The maximum Gasteiger partial charge on any atom is 0.278 e. The van der Waals surface area contributed by atoms with E-state index in [-0.39, 0.29) is 16.4 Å². The zero-order chi connectivity index (χ0) is 15.9. The molecule has 22 heavy (non-hydrogen) atoms. The minimum absolute atomic E-state index is 0.0319. The lowest BCUT2D eigenvalue weighted by atomic mass is 10.2. The number of hydrogen-bond donors (Lipinski definition) is 2. The number of thiocarbonyl (C=S) groups is 1. The lowest BCUT2D eigenvalue weighted by molar-refractivity contribution is -0.385. The van der Waals surface area contributed by atoms with Gasteiger partial charge in [-0.1, -0.05) is 18.2 Å². The molecule has 0 saturated carbocycles. The maximum atomic E-state index is 11.0. The first-order valence-corrected chi connectivity index (χ1v) is 6.57. The normalized spacial score (nSPS) is 10.4. The van der Waals surface area contributed by atoms with Gasteiger partial charge in [0.05, 0.1) is 16.7 Å². The van der Waals surface area contributed by atoms with Crippen molar-refractivity contribution in [1.82, 2.24) is 5.43 Å². The van der Waals surface area contributed by atoms with Crippen molar-refractivity contribution in [2.24, 2.45) is 10.8 Å². The number of ether oxygens (including phenoxy) is 1. The summed E-state index contributed by atoms with van der Waals surface area (Å²) in [6, 6.07) is 13.5. The molecule has 2 rings (SSSR count). The lowest BCUT2D eigenvalue weighted by Gasteiger charge is -2.06. The topological polar surface area (TPSA) is 103 Å². The van der Waals surface area contributed by atoms with Crippen LogP contribution in [0.4, 0.5) is 5.69 Å². The van der Waals surface area contributed by atoms with Gasteiger partial charge in [-0.05, 0) is 36.5 Å². The molecule has 0 aliphatic rings. The van der Waals surface area contributed by atoms with E-state index in [9.17, 15) is 10.1 Å². The summed E-state index contributed by atoms with van der Waals surface area (Å²) >= 11 is 4.60. The first-order chi connectivity index (χ1) is 10.6. The number of hydrazone groups is 1. The third kappa shape index (κ3) is 4.25. The fourth-order valence-corrected chi connectivity index (χ4v) is 1.71. The van der Waals surface area contributed by atoms with E-state index in [1.54, 1.807) is 12.1 Å². The summed E-state index contributed by atoms with van der Waals surface area (Å²) in [6.45, 7) is 0. The number of hydrogen-bond acceptors (Lipinski definition) is 5. The molecule has 0 aliphatic carbocycles. The van der Waals surface area contributed by atoms with E-state index in [2.05, 4.69) is 22.7 Å². The summed E-state index contributed by atoms with van der Waals surface area (Å²) in [5.74, 6) is 1.08. The van der Waals surface area contributed by atoms with E-state index in [0.717, 1.165) is 0 Å².